The summed E-state index contributed by atoms with van der Waals surface area (Å²) in [5.41, 5.74) is 0.939. The Kier molecular flexibility index (Phi) is 5.55. The van der Waals surface area contributed by atoms with Crippen molar-refractivity contribution >= 4 is 35.1 Å². The van der Waals surface area contributed by atoms with Gasteiger partial charge in [-0.15, -0.1) is 0 Å². The van der Waals surface area contributed by atoms with Crippen LogP contribution in [0.25, 0.3) is 0 Å². The van der Waals surface area contributed by atoms with Crippen molar-refractivity contribution in [3.05, 3.63) is 64.7 Å². The average molecular weight is 347 g/mol. The highest BCUT2D eigenvalue weighted by molar-refractivity contribution is 6.31. The molecule has 7 heteroatoms. The van der Waals surface area contributed by atoms with Crippen molar-refractivity contribution < 1.29 is 19.5 Å². The molecular weight excluding hydrogens is 332 g/mol. The van der Waals surface area contributed by atoms with Crippen LogP contribution in [0.5, 0.6) is 0 Å². The third-order valence-corrected chi connectivity index (χ3v) is 3.49. The van der Waals surface area contributed by atoms with Crippen molar-refractivity contribution in [2.24, 2.45) is 0 Å². The molecule has 1 unspecified atom stereocenters. The lowest BCUT2D eigenvalue weighted by atomic mass is 10.0. The molecule has 2 rings (SSSR count). The lowest BCUT2D eigenvalue weighted by Gasteiger charge is -2.15. The molecule has 124 valence electrons. The zero-order valence-corrected chi connectivity index (χ0v) is 13.5. The predicted octanol–water partition coefficient (Wildman–Crippen LogP) is 3.17. The van der Waals surface area contributed by atoms with Crippen molar-refractivity contribution in [2.75, 3.05) is 5.32 Å². The van der Waals surface area contributed by atoms with E-state index >= 15 is 0 Å². The van der Waals surface area contributed by atoms with Crippen LogP contribution in [0.2, 0.25) is 5.02 Å². The van der Waals surface area contributed by atoms with E-state index in [2.05, 4.69) is 5.32 Å². The molecule has 2 aromatic carbocycles. The largest absolute Gasteiger partial charge is 0.465 e. The van der Waals surface area contributed by atoms with Gasteiger partial charge in [0, 0.05) is 16.1 Å². The minimum Gasteiger partial charge on any atom is -0.465 e. The third-order valence-electron chi connectivity index (χ3n) is 3.25. The van der Waals surface area contributed by atoms with E-state index in [1.54, 1.807) is 30.3 Å². The standard InChI is InChI=1S/C17H15ClN2O4/c1-10(19-17(23)24)16(22)20-14-8-7-12(18)9-13(14)15(21)11-5-3-2-4-6-11/h2-10,19H,1H3,(H,20,22)(H,23,24). The molecule has 0 aliphatic carbocycles. The summed E-state index contributed by atoms with van der Waals surface area (Å²) in [4.78, 5) is 35.3. The fourth-order valence-corrected chi connectivity index (χ4v) is 2.22. The van der Waals surface area contributed by atoms with Crippen molar-refractivity contribution in [1.29, 1.82) is 0 Å². The van der Waals surface area contributed by atoms with E-state index in [4.69, 9.17) is 16.7 Å². The minimum absolute atomic E-state index is 0.226. The second-order valence-electron chi connectivity index (χ2n) is 5.05. The maximum absolute atomic E-state index is 12.6. The molecule has 3 N–H and O–H groups in total. The second kappa shape index (κ2) is 7.61. The summed E-state index contributed by atoms with van der Waals surface area (Å²) < 4.78 is 0. The van der Waals surface area contributed by atoms with Crippen LogP contribution in [0.4, 0.5) is 10.5 Å². The zero-order chi connectivity index (χ0) is 17.7. The summed E-state index contributed by atoms with van der Waals surface area (Å²) >= 11 is 5.96. The molecule has 0 bridgehead atoms. The average Bonchev–Trinajstić information content (AvgIpc) is 2.56. The number of anilines is 1. The number of carboxylic acid groups (broad SMARTS) is 1. The van der Waals surface area contributed by atoms with Crippen molar-refractivity contribution in [3.63, 3.8) is 0 Å². The number of carbonyl (C=O) groups excluding carboxylic acids is 2. The number of carbonyl (C=O) groups is 3. The van der Waals surface area contributed by atoms with Gasteiger partial charge < -0.3 is 15.7 Å². The fraction of sp³-hybridized carbons (Fsp3) is 0.118. The van der Waals surface area contributed by atoms with E-state index in [1.807, 2.05) is 5.32 Å². The second-order valence-corrected chi connectivity index (χ2v) is 5.48. The Morgan fingerprint density at radius 2 is 1.75 bits per heavy atom. The highest BCUT2D eigenvalue weighted by Gasteiger charge is 2.19. The van der Waals surface area contributed by atoms with Gasteiger partial charge in [0.1, 0.15) is 6.04 Å². The maximum Gasteiger partial charge on any atom is 0.405 e. The Hall–Kier alpha value is -2.86. The molecule has 2 aromatic rings. The monoisotopic (exact) mass is 346 g/mol. The van der Waals surface area contributed by atoms with Gasteiger partial charge in [-0.05, 0) is 25.1 Å². The van der Waals surface area contributed by atoms with Gasteiger partial charge in [0.05, 0.1) is 5.69 Å². The zero-order valence-electron chi connectivity index (χ0n) is 12.7. The Morgan fingerprint density at radius 3 is 2.38 bits per heavy atom. The molecule has 0 spiro atoms. The molecule has 0 radical (unpaired) electrons. The first-order valence-corrected chi connectivity index (χ1v) is 7.46. The van der Waals surface area contributed by atoms with E-state index in [1.165, 1.54) is 25.1 Å². The van der Waals surface area contributed by atoms with Gasteiger partial charge in [-0.1, -0.05) is 41.9 Å². The summed E-state index contributed by atoms with van der Waals surface area (Å²) in [5, 5.41) is 13.6. The van der Waals surface area contributed by atoms with Crippen molar-refractivity contribution in [3.8, 4) is 0 Å². The van der Waals surface area contributed by atoms with Gasteiger partial charge in [0.2, 0.25) is 5.91 Å². The van der Waals surface area contributed by atoms with Gasteiger partial charge in [0.15, 0.2) is 5.78 Å². The van der Waals surface area contributed by atoms with Crippen molar-refractivity contribution in [2.45, 2.75) is 13.0 Å². The Bertz CT molecular complexity index is 777. The highest BCUT2D eigenvalue weighted by Crippen LogP contribution is 2.24. The first-order chi connectivity index (χ1) is 11.4. The van der Waals surface area contributed by atoms with E-state index in [0.717, 1.165) is 0 Å². The van der Waals surface area contributed by atoms with Crippen LogP contribution in [0.15, 0.2) is 48.5 Å². The van der Waals surface area contributed by atoms with Gasteiger partial charge in [-0.2, -0.15) is 0 Å². The third kappa shape index (κ3) is 4.33. The van der Waals surface area contributed by atoms with Crippen LogP contribution < -0.4 is 10.6 Å². The Balaban J connectivity index is 2.30. The van der Waals surface area contributed by atoms with Crippen LogP contribution in [-0.2, 0) is 4.79 Å². The molecular formula is C17H15ClN2O4. The topological polar surface area (TPSA) is 95.5 Å². The van der Waals surface area contributed by atoms with Gasteiger partial charge >= 0.3 is 6.09 Å². The summed E-state index contributed by atoms with van der Waals surface area (Å²) in [7, 11) is 0. The lowest BCUT2D eigenvalue weighted by Crippen LogP contribution is -2.41. The summed E-state index contributed by atoms with van der Waals surface area (Å²) in [6, 6.07) is 12.1. The fourth-order valence-electron chi connectivity index (χ4n) is 2.05. The van der Waals surface area contributed by atoms with Crippen molar-refractivity contribution in [1.82, 2.24) is 5.32 Å². The molecule has 6 nitrogen and oxygen atoms in total. The Labute approximate surface area is 143 Å². The van der Waals surface area contributed by atoms with Gasteiger partial charge in [0.25, 0.3) is 0 Å². The molecule has 0 aliphatic heterocycles. The van der Waals surface area contributed by atoms with Crippen LogP contribution in [0, 0.1) is 0 Å². The number of halogens is 1. The molecule has 0 aliphatic rings. The van der Waals surface area contributed by atoms with E-state index in [0.29, 0.717) is 10.6 Å². The normalized spacial score (nSPS) is 11.4. The van der Waals surface area contributed by atoms with E-state index < -0.39 is 18.0 Å². The molecule has 0 heterocycles. The van der Waals surface area contributed by atoms with Crippen LogP contribution >= 0.6 is 11.6 Å². The number of hydrogen-bond acceptors (Lipinski definition) is 3. The highest BCUT2D eigenvalue weighted by atomic mass is 35.5. The number of hydrogen-bond donors (Lipinski definition) is 3. The first kappa shape index (κ1) is 17.5. The predicted molar refractivity (Wildman–Crippen MR) is 90.6 cm³/mol. The minimum atomic E-state index is -1.31. The number of benzene rings is 2. The molecule has 2 amide bonds. The van der Waals surface area contributed by atoms with Gasteiger partial charge in [-0.25, -0.2) is 4.79 Å². The van der Waals surface area contributed by atoms with Gasteiger partial charge in [-0.3, -0.25) is 9.59 Å². The summed E-state index contributed by atoms with van der Waals surface area (Å²) in [6.45, 7) is 1.40. The Morgan fingerprint density at radius 1 is 1.08 bits per heavy atom. The van der Waals surface area contributed by atoms with E-state index in [9.17, 15) is 14.4 Å². The molecule has 0 saturated heterocycles. The number of amides is 2. The SMILES string of the molecule is CC(NC(=O)O)C(=O)Nc1ccc(Cl)cc1C(=O)c1ccccc1. The summed E-state index contributed by atoms with van der Waals surface area (Å²) in [6.07, 6.45) is -1.31. The smallest absolute Gasteiger partial charge is 0.405 e. The molecule has 0 aromatic heterocycles. The lowest BCUT2D eigenvalue weighted by molar-refractivity contribution is -0.117. The number of ketones is 1. The number of nitrogens with one attached hydrogen (secondary N) is 2. The van der Waals surface area contributed by atoms with Crippen LogP contribution in [0.1, 0.15) is 22.8 Å². The van der Waals surface area contributed by atoms with E-state index in [-0.39, 0.29) is 17.0 Å². The van der Waals surface area contributed by atoms with Crippen LogP contribution in [0.3, 0.4) is 0 Å². The molecule has 24 heavy (non-hydrogen) atoms. The molecule has 0 fully saturated rings. The molecule has 1 atom stereocenters. The first-order valence-electron chi connectivity index (χ1n) is 7.08. The van der Waals surface area contributed by atoms with Crippen LogP contribution in [-0.4, -0.2) is 28.9 Å². The quantitative estimate of drug-likeness (QED) is 0.724. The molecule has 0 saturated carbocycles. The summed E-state index contributed by atoms with van der Waals surface area (Å²) in [5.74, 6) is -0.880. The maximum atomic E-state index is 12.6. The number of rotatable bonds is 5.